The SMILES string of the molecule is CCCCC1C(=O)N[C@@H](CCC(=O)O)C(=O)N[C@@H](CC(=O)O)C(=O)N[C@@H](C(C)C)C(=O)N(C)[C@@H](CCc2ccccc2)C(=O)N[C@@H](Cc2ccc(O)cc2)C(=O)N(C)CC(=O)N[C@@H](Cc2c[nH]c3ccccc23)C(=O)N[C@@H](Cc2ccc(O)cc2)C(=O)N[C@@H](CC(C)C)C(=O)N[C@H](C(=O)NCC(N)=O)CSCC(=O)N[C@@H](Cc2ccccc2)C(=O)N(C)[C@@H](Cc2ccccc2)C(=O)N1C. The van der Waals surface area contributed by atoms with Crippen LogP contribution in [0, 0.1) is 11.8 Å². The average Bonchev–Trinajstić information content (AvgIpc) is 1.76. The number of carboxylic acids is 2. The van der Waals surface area contributed by atoms with E-state index >= 15 is 38.4 Å². The van der Waals surface area contributed by atoms with Gasteiger partial charge in [0.15, 0.2) is 0 Å². The van der Waals surface area contributed by atoms with Gasteiger partial charge in [-0.15, -0.1) is 11.8 Å². The zero-order chi connectivity index (χ0) is 98.0. The number of aromatic hydroxyl groups is 2. The van der Waals surface area contributed by atoms with Crippen molar-refractivity contribution in [2.24, 2.45) is 17.6 Å². The van der Waals surface area contributed by atoms with Crippen LogP contribution in [0.15, 0.2) is 170 Å². The molecule has 1 saturated heterocycles. The molecule has 12 atom stereocenters. The molecule has 0 spiro atoms. The molecule has 1 aliphatic heterocycles. The normalized spacial score (nSPS) is 22.0. The maximum atomic E-state index is 15.6. The van der Waals surface area contributed by atoms with Crippen LogP contribution >= 0.6 is 11.8 Å². The summed E-state index contributed by atoms with van der Waals surface area (Å²) in [6, 6.07) is 24.6. The van der Waals surface area contributed by atoms with E-state index in [2.05, 4.69) is 58.2 Å². The molecule has 37 nitrogen and oxygen atoms in total. The number of H-pyrrole nitrogens is 1. The van der Waals surface area contributed by atoms with Crippen LogP contribution in [0.3, 0.4) is 0 Å². The van der Waals surface area contributed by atoms with Gasteiger partial charge in [-0.25, -0.2) is 0 Å². The Morgan fingerprint density at radius 2 is 0.918 bits per heavy atom. The number of likely N-dealkylation sites (N-methyl/N-ethyl adjacent to an activating group) is 4. The summed E-state index contributed by atoms with van der Waals surface area (Å²) in [7, 11) is 5.11. The number of nitrogens with two attached hydrogens (primary N) is 1. The summed E-state index contributed by atoms with van der Waals surface area (Å²) in [4.78, 5) is 256. The third kappa shape index (κ3) is 32.4. The number of aromatic amines is 1. The number of aliphatic carboxylic acids is 2. The van der Waals surface area contributed by atoms with Gasteiger partial charge in [0.2, 0.25) is 88.6 Å². The predicted molar refractivity (Wildman–Crippen MR) is 498 cm³/mol. The van der Waals surface area contributed by atoms with Crippen molar-refractivity contribution in [3.05, 3.63) is 203 Å². The number of fused-ring (bicyclic) bond motifs is 1. The number of hydrogen-bond acceptors (Lipinski definition) is 20. The number of unbranched alkanes of at least 4 members (excludes halogenated alkanes) is 1. The average molecular weight is 1870 g/mol. The molecule has 134 heavy (non-hydrogen) atoms. The quantitative estimate of drug-likeness (QED) is 0.0352. The zero-order valence-electron chi connectivity index (χ0n) is 76.5. The van der Waals surface area contributed by atoms with Crippen molar-refractivity contribution in [2.45, 2.75) is 197 Å². The van der Waals surface area contributed by atoms with E-state index < -0.39 is 223 Å². The Hall–Kier alpha value is -14.2. The first-order valence-corrected chi connectivity index (χ1v) is 45.5. The van der Waals surface area contributed by atoms with E-state index in [1.807, 2.05) is 0 Å². The van der Waals surface area contributed by atoms with E-state index in [0.29, 0.717) is 50.7 Å². The number of phenols is 2. The fraction of sp³-hybridized carbons (Fsp3) is 0.427. The molecule has 718 valence electrons. The summed E-state index contributed by atoms with van der Waals surface area (Å²) in [5.41, 5.74) is 9.15. The molecule has 0 aliphatic carbocycles. The van der Waals surface area contributed by atoms with Crippen molar-refractivity contribution in [2.75, 3.05) is 52.8 Å². The van der Waals surface area contributed by atoms with Crippen molar-refractivity contribution in [1.82, 2.24) is 77.8 Å². The summed E-state index contributed by atoms with van der Waals surface area (Å²) in [5, 5.41) is 68.2. The molecule has 1 unspecified atom stereocenters. The van der Waals surface area contributed by atoms with Crippen molar-refractivity contribution >= 4 is 123 Å². The van der Waals surface area contributed by atoms with Crippen LogP contribution in [0.5, 0.6) is 11.5 Å². The minimum Gasteiger partial charge on any atom is -0.508 e. The number of benzene rings is 6. The number of carbonyl (C=O) groups excluding carboxylic acids is 15. The van der Waals surface area contributed by atoms with Crippen LogP contribution in [-0.2, 0) is 120 Å². The van der Waals surface area contributed by atoms with E-state index in [9.17, 15) is 63.6 Å². The van der Waals surface area contributed by atoms with Crippen LogP contribution in [0.1, 0.15) is 119 Å². The van der Waals surface area contributed by atoms with Crippen molar-refractivity contribution in [3.8, 4) is 11.5 Å². The summed E-state index contributed by atoms with van der Waals surface area (Å²) in [5.74, 6) is -20.1. The lowest BCUT2D eigenvalue weighted by Crippen LogP contribution is -2.61. The number of nitrogens with one attached hydrogen (secondary N) is 11. The summed E-state index contributed by atoms with van der Waals surface area (Å²) < 4.78 is 0. The maximum absolute atomic E-state index is 15.6. The molecule has 7 aromatic rings. The highest BCUT2D eigenvalue weighted by molar-refractivity contribution is 8.00. The first-order chi connectivity index (χ1) is 63.8. The van der Waals surface area contributed by atoms with Gasteiger partial charge in [-0.1, -0.05) is 181 Å². The number of carbonyl (C=O) groups is 17. The van der Waals surface area contributed by atoms with Crippen LogP contribution in [0.4, 0.5) is 0 Å². The Morgan fingerprint density at radius 3 is 1.48 bits per heavy atom. The van der Waals surface area contributed by atoms with Gasteiger partial charge < -0.3 is 104 Å². The number of amides is 15. The minimum atomic E-state index is -2.07. The molecule has 1 aliphatic rings. The smallest absolute Gasteiger partial charge is 0.305 e. The number of thioether (sulfide) groups is 1. The standard InChI is InChI=1S/C96H122N16O21S/c1-10-11-31-76-91(128)102-68(41-43-82(118)119)86(123)105-72(50-83(120)121)90(127)108-84(57(4)5)96(133)111(8)77(42-36-58-23-15-12-16-24-58)92(129)106-73(47-62-34-39-65(114)40-35-62)93(130)109(6)53-80(116)100-71(49-63-51-98-67-30-22-21-29-66(63)67)89(126)104-70(45-61-32-37-64(113)38-33-61)88(125)103-69(44-56(2)3)87(124)107-75(85(122)99-52-79(97)115)54-134-55-81(117)101-74(46-59-25-17-13-18-26-59)94(131)112(9)78(95(132)110(76)7)48-60-27-19-14-20-28-60/h12-30,32-35,37-40,51,56-57,68-78,84,98,113-114H,10-11,31,36,41-50,52-55H2,1-9H3,(H2,97,115)(H,99,122)(H,100,116)(H,101,117)(H,102,128)(H,103,125)(H,104,126)(H,105,123)(H,106,129)(H,107,124)(H,108,127)(H,118,119)(H,120,121)/t68-,69-,70-,71-,72-,73-,74-,75-,76?,77-,78-,84-/m0/s1. The topological polar surface area (TPSA) is 546 Å². The Bertz CT molecular complexity index is 5240. The van der Waals surface area contributed by atoms with Crippen LogP contribution in [0.2, 0.25) is 0 Å². The molecular weight excluding hydrogens is 1750 g/mol. The fourth-order valence-corrected chi connectivity index (χ4v) is 16.3. The molecular formula is C96H122N16O21S. The lowest BCUT2D eigenvalue weighted by molar-refractivity contribution is -0.149. The number of phenolic OH excluding ortho intramolecular Hbond substituents is 2. The van der Waals surface area contributed by atoms with E-state index in [1.165, 1.54) is 90.6 Å². The van der Waals surface area contributed by atoms with Crippen LogP contribution < -0.4 is 58.9 Å². The number of primary amides is 1. The second kappa shape index (κ2) is 51.6. The molecule has 8 rings (SSSR count). The van der Waals surface area contributed by atoms with Gasteiger partial charge in [0.25, 0.3) is 0 Å². The predicted octanol–water partition coefficient (Wildman–Crippen LogP) is 2.61. The molecule has 2 heterocycles. The third-order valence-electron chi connectivity index (χ3n) is 22.9. The highest BCUT2D eigenvalue weighted by Crippen LogP contribution is 2.25. The number of aryl methyl sites for hydroxylation is 1. The minimum absolute atomic E-state index is 0.0998. The Labute approximate surface area is 781 Å². The fourth-order valence-electron chi connectivity index (χ4n) is 15.5. The number of carboxylic acid groups (broad SMARTS) is 2. The Kier molecular flexibility index (Phi) is 40.5. The lowest BCUT2D eigenvalue weighted by Gasteiger charge is -2.36. The molecule has 15 amide bonds. The molecule has 0 radical (unpaired) electrons. The van der Waals surface area contributed by atoms with Gasteiger partial charge in [0, 0.05) is 89.6 Å². The van der Waals surface area contributed by atoms with E-state index in [4.69, 9.17) is 5.73 Å². The zero-order valence-corrected chi connectivity index (χ0v) is 77.3. The molecule has 38 heteroatoms. The van der Waals surface area contributed by atoms with Gasteiger partial charge >= 0.3 is 11.9 Å². The largest absolute Gasteiger partial charge is 0.508 e. The van der Waals surface area contributed by atoms with Gasteiger partial charge in [0.05, 0.1) is 25.3 Å². The molecule has 1 aromatic heterocycles. The van der Waals surface area contributed by atoms with Gasteiger partial charge in [-0.3, -0.25) is 81.5 Å². The highest BCUT2D eigenvalue weighted by atomic mass is 32.2. The van der Waals surface area contributed by atoms with E-state index in [1.54, 1.807) is 142 Å². The Morgan fingerprint density at radius 1 is 0.455 bits per heavy atom. The molecule has 6 aromatic carbocycles. The number of nitrogens with zero attached hydrogens (tertiary/aromatic N) is 4. The lowest BCUT2D eigenvalue weighted by atomic mass is 9.98. The van der Waals surface area contributed by atoms with Crippen LogP contribution in [0.25, 0.3) is 10.9 Å². The van der Waals surface area contributed by atoms with Crippen LogP contribution in [-0.4, -0.2) is 271 Å². The van der Waals surface area contributed by atoms with E-state index in [0.717, 1.165) is 31.4 Å². The summed E-state index contributed by atoms with van der Waals surface area (Å²) in [6.07, 6.45) is -1.83. The summed E-state index contributed by atoms with van der Waals surface area (Å²) >= 11 is 0.803. The van der Waals surface area contributed by atoms with Crippen molar-refractivity contribution < 1.29 is 102 Å². The second-order valence-electron chi connectivity index (χ2n) is 34.1. The second-order valence-corrected chi connectivity index (χ2v) is 35.2. The highest BCUT2D eigenvalue weighted by Gasteiger charge is 2.43. The van der Waals surface area contributed by atoms with Gasteiger partial charge in [-0.2, -0.15) is 0 Å². The number of hydrogen-bond donors (Lipinski definition) is 16. The third-order valence-corrected chi connectivity index (χ3v) is 23.9. The number of para-hydroxylation sites is 1. The molecule has 1 fully saturated rings. The molecule has 17 N–H and O–H groups in total. The van der Waals surface area contributed by atoms with Crippen molar-refractivity contribution in [1.29, 1.82) is 0 Å². The van der Waals surface area contributed by atoms with Gasteiger partial charge in [0.1, 0.15) is 84.0 Å². The monoisotopic (exact) mass is 1870 g/mol. The maximum Gasteiger partial charge on any atom is 0.305 e. The summed E-state index contributed by atoms with van der Waals surface area (Å²) in [6.45, 7) is 6.79. The van der Waals surface area contributed by atoms with E-state index in [-0.39, 0.29) is 81.6 Å². The molecule has 0 saturated carbocycles. The number of rotatable bonds is 27. The first-order valence-electron chi connectivity index (χ1n) is 44.3. The molecule has 0 bridgehead atoms. The Balaban J connectivity index is 1.23. The van der Waals surface area contributed by atoms with Crippen molar-refractivity contribution in [3.63, 3.8) is 0 Å². The first kappa shape index (κ1) is 105. The number of aromatic nitrogens is 1. The van der Waals surface area contributed by atoms with Gasteiger partial charge in [-0.05, 0) is 108 Å².